The Morgan fingerprint density at radius 3 is 2.72 bits per heavy atom. The predicted octanol–water partition coefficient (Wildman–Crippen LogP) is 3.68. The summed E-state index contributed by atoms with van der Waals surface area (Å²) in [5.41, 5.74) is 2.04. The molecule has 7 nitrogen and oxygen atoms in total. The van der Waals surface area contributed by atoms with Crippen molar-refractivity contribution in [2.75, 3.05) is 25.0 Å². The van der Waals surface area contributed by atoms with Gasteiger partial charge in [0, 0.05) is 24.7 Å². The van der Waals surface area contributed by atoms with Gasteiger partial charge in [0.15, 0.2) is 5.65 Å². The number of anilines is 1. The van der Waals surface area contributed by atoms with Gasteiger partial charge in [-0.05, 0) is 62.4 Å². The highest BCUT2D eigenvalue weighted by Gasteiger charge is 2.21. The van der Waals surface area contributed by atoms with Crippen LogP contribution in [0.1, 0.15) is 36.0 Å². The first-order valence-electron chi connectivity index (χ1n) is 10.6. The molecule has 3 heterocycles. The van der Waals surface area contributed by atoms with Gasteiger partial charge in [-0.3, -0.25) is 4.79 Å². The number of carbonyl (C=O) groups is 1. The molecule has 2 aliphatic rings. The highest BCUT2D eigenvalue weighted by molar-refractivity contribution is 5.95. The largest absolute Gasteiger partial charge is 0.368 e. The zero-order valence-corrected chi connectivity index (χ0v) is 19.1. The highest BCUT2D eigenvalue weighted by atomic mass is 35.5. The van der Waals surface area contributed by atoms with E-state index in [9.17, 15) is 9.18 Å². The van der Waals surface area contributed by atoms with Crippen molar-refractivity contribution in [3.8, 4) is 11.3 Å². The number of benzene rings is 1. The molecule has 1 aliphatic heterocycles. The van der Waals surface area contributed by atoms with Crippen molar-refractivity contribution in [3.63, 3.8) is 0 Å². The minimum absolute atomic E-state index is 0. The number of imidazole rings is 1. The molecule has 5 rings (SSSR count). The normalized spacial score (nSPS) is 17.5. The Labute approximate surface area is 198 Å². The van der Waals surface area contributed by atoms with Crippen LogP contribution in [-0.4, -0.2) is 46.2 Å². The molecule has 0 bridgehead atoms. The van der Waals surface area contributed by atoms with Crippen LogP contribution < -0.4 is 16.0 Å². The summed E-state index contributed by atoms with van der Waals surface area (Å²) in [6.45, 7) is 2.39. The maximum Gasteiger partial charge on any atom is 0.254 e. The number of fused-ring (bicyclic) bond motifs is 1. The maximum atomic E-state index is 14.8. The van der Waals surface area contributed by atoms with E-state index in [0.717, 1.165) is 37.7 Å². The molecule has 10 heteroatoms. The van der Waals surface area contributed by atoms with Crippen LogP contribution >= 0.6 is 24.8 Å². The topological polar surface area (TPSA) is 83.3 Å². The molecule has 32 heavy (non-hydrogen) atoms. The molecule has 3 N–H and O–H groups in total. The number of rotatable bonds is 7. The Balaban J connectivity index is 0.00000144. The lowest BCUT2D eigenvalue weighted by Gasteiger charge is -2.12. The van der Waals surface area contributed by atoms with Gasteiger partial charge in [-0.15, -0.1) is 29.9 Å². The van der Waals surface area contributed by atoms with Gasteiger partial charge in [0.25, 0.3) is 5.91 Å². The molecular formula is C22H27Cl2FN6O. The van der Waals surface area contributed by atoms with Gasteiger partial charge in [0.2, 0.25) is 0 Å². The number of amides is 1. The number of halogens is 3. The summed E-state index contributed by atoms with van der Waals surface area (Å²) in [5, 5.41) is 14.1. The molecule has 172 valence electrons. The van der Waals surface area contributed by atoms with Gasteiger partial charge in [0.1, 0.15) is 11.6 Å². The molecule has 1 aromatic carbocycles. The summed E-state index contributed by atoms with van der Waals surface area (Å²) in [6, 6.07) is 8.70. The Morgan fingerprint density at radius 1 is 1.16 bits per heavy atom. The molecule has 0 unspecified atom stereocenters. The van der Waals surface area contributed by atoms with E-state index >= 15 is 0 Å². The van der Waals surface area contributed by atoms with Crippen molar-refractivity contribution in [3.05, 3.63) is 47.9 Å². The van der Waals surface area contributed by atoms with Crippen molar-refractivity contribution in [2.24, 2.45) is 5.92 Å². The molecule has 3 aromatic rings. The van der Waals surface area contributed by atoms with Crippen molar-refractivity contribution in [1.29, 1.82) is 0 Å². The van der Waals surface area contributed by atoms with Crippen molar-refractivity contribution in [1.82, 2.24) is 25.2 Å². The molecule has 2 aromatic heterocycles. The number of hydrogen-bond donors (Lipinski definition) is 3. The first-order chi connectivity index (χ1) is 14.7. The van der Waals surface area contributed by atoms with E-state index in [1.54, 1.807) is 16.8 Å². The molecular weight excluding hydrogens is 454 g/mol. The first kappa shape index (κ1) is 24.2. The third kappa shape index (κ3) is 5.31. The van der Waals surface area contributed by atoms with Crippen molar-refractivity contribution < 1.29 is 9.18 Å². The van der Waals surface area contributed by atoms with Crippen LogP contribution in [-0.2, 0) is 0 Å². The zero-order chi connectivity index (χ0) is 20.5. The SMILES string of the molecule is Cl.Cl.O=C(NC[C@@H]1CCCN1)c1ccc(-c2cnc3ccc(NCC4CC4)nn23)cc1F. The average molecular weight is 481 g/mol. The van der Waals surface area contributed by atoms with Gasteiger partial charge >= 0.3 is 0 Å². The van der Waals surface area contributed by atoms with Crippen molar-refractivity contribution >= 4 is 42.2 Å². The Morgan fingerprint density at radius 2 is 2.00 bits per heavy atom. The van der Waals surface area contributed by atoms with E-state index in [1.165, 1.54) is 25.0 Å². The molecule has 0 radical (unpaired) electrons. The second kappa shape index (κ2) is 10.5. The number of hydrogen-bond acceptors (Lipinski definition) is 5. The number of aromatic nitrogens is 3. The van der Waals surface area contributed by atoms with Crippen LogP contribution in [0.5, 0.6) is 0 Å². The number of nitrogens with one attached hydrogen (secondary N) is 3. The van der Waals surface area contributed by atoms with E-state index in [-0.39, 0.29) is 36.4 Å². The average Bonchev–Trinajstić information content (AvgIpc) is 3.26. The highest BCUT2D eigenvalue weighted by Crippen LogP contribution is 2.29. The zero-order valence-electron chi connectivity index (χ0n) is 17.5. The summed E-state index contributed by atoms with van der Waals surface area (Å²) in [7, 11) is 0. The molecule has 1 aliphatic carbocycles. The fourth-order valence-electron chi connectivity index (χ4n) is 3.84. The fourth-order valence-corrected chi connectivity index (χ4v) is 3.84. The third-order valence-electron chi connectivity index (χ3n) is 5.81. The minimum Gasteiger partial charge on any atom is -0.368 e. The molecule has 0 spiro atoms. The van der Waals surface area contributed by atoms with Gasteiger partial charge in [-0.1, -0.05) is 6.07 Å². The number of nitrogens with zero attached hydrogens (tertiary/aromatic N) is 3. The first-order valence-corrected chi connectivity index (χ1v) is 10.6. The Bertz CT molecular complexity index is 1080. The molecule has 1 atom stereocenters. The van der Waals surface area contributed by atoms with E-state index in [0.29, 0.717) is 23.4 Å². The van der Waals surface area contributed by atoms with Crippen LogP contribution in [0.25, 0.3) is 16.9 Å². The van der Waals surface area contributed by atoms with Crippen LogP contribution in [0, 0.1) is 11.7 Å². The summed E-state index contributed by atoms with van der Waals surface area (Å²) in [5.74, 6) is 0.561. The standard InChI is InChI=1S/C22H25FN6O.2ClH/c23-18-10-15(5-6-17(18)22(30)27-12-16-2-1-9-24-16)19-13-26-21-8-7-20(28-29(19)21)25-11-14-3-4-14;;/h5-8,10,13-14,16,24H,1-4,9,11-12H2,(H,25,28)(H,27,30);2*1H/t16-;;/m0../s1. The van der Waals surface area contributed by atoms with Gasteiger partial charge in [-0.25, -0.2) is 13.9 Å². The van der Waals surface area contributed by atoms with E-state index in [2.05, 4.69) is 26.0 Å². The minimum atomic E-state index is -0.553. The summed E-state index contributed by atoms with van der Waals surface area (Å²) < 4.78 is 16.5. The van der Waals surface area contributed by atoms with E-state index in [1.807, 2.05) is 12.1 Å². The maximum absolute atomic E-state index is 14.8. The second-order valence-corrected chi connectivity index (χ2v) is 8.15. The molecule has 2 fully saturated rings. The van der Waals surface area contributed by atoms with Gasteiger partial charge in [0.05, 0.1) is 17.5 Å². The van der Waals surface area contributed by atoms with Gasteiger partial charge in [-0.2, -0.15) is 0 Å². The third-order valence-corrected chi connectivity index (χ3v) is 5.81. The van der Waals surface area contributed by atoms with Crippen LogP contribution in [0.3, 0.4) is 0 Å². The fraction of sp³-hybridized carbons (Fsp3) is 0.409. The lowest BCUT2D eigenvalue weighted by atomic mass is 10.1. The van der Waals surface area contributed by atoms with Crippen LogP contribution in [0.2, 0.25) is 0 Å². The van der Waals surface area contributed by atoms with E-state index < -0.39 is 11.7 Å². The quantitative estimate of drug-likeness (QED) is 0.480. The van der Waals surface area contributed by atoms with Crippen molar-refractivity contribution in [2.45, 2.75) is 31.7 Å². The Kier molecular flexibility index (Phi) is 7.92. The lowest BCUT2D eigenvalue weighted by molar-refractivity contribution is 0.0946. The second-order valence-electron chi connectivity index (χ2n) is 8.15. The van der Waals surface area contributed by atoms with Crippen LogP contribution in [0.15, 0.2) is 36.5 Å². The van der Waals surface area contributed by atoms with Crippen LogP contribution in [0.4, 0.5) is 10.2 Å². The summed E-state index contributed by atoms with van der Waals surface area (Å²) in [4.78, 5) is 16.8. The number of carbonyl (C=O) groups excluding carboxylic acids is 1. The van der Waals surface area contributed by atoms with Gasteiger partial charge < -0.3 is 16.0 Å². The Hall–Kier alpha value is -2.42. The molecule has 1 amide bonds. The molecule has 1 saturated carbocycles. The lowest BCUT2D eigenvalue weighted by Crippen LogP contribution is -2.37. The summed E-state index contributed by atoms with van der Waals surface area (Å²) >= 11 is 0. The molecule has 1 saturated heterocycles. The predicted molar refractivity (Wildman–Crippen MR) is 127 cm³/mol. The smallest absolute Gasteiger partial charge is 0.254 e. The van der Waals surface area contributed by atoms with E-state index in [4.69, 9.17) is 0 Å². The monoisotopic (exact) mass is 480 g/mol. The summed E-state index contributed by atoms with van der Waals surface area (Å²) in [6.07, 6.45) is 6.34.